The van der Waals surface area contributed by atoms with E-state index in [1.54, 1.807) is 12.3 Å². The fourth-order valence-electron chi connectivity index (χ4n) is 0.742. The van der Waals surface area contributed by atoms with Crippen molar-refractivity contribution in [3.05, 3.63) is 24.8 Å². The van der Waals surface area contributed by atoms with E-state index in [4.69, 9.17) is 5.73 Å². The van der Waals surface area contributed by atoms with Gasteiger partial charge in [-0.3, -0.25) is 4.99 Å². The zero-order valence-electron chi connectivity index (χ0n) is 6.66. The van der Waals surface area contributed by atoms with Crippen molar-refractivity contribution in [2.75, 3.05) is 6.54 Å². The Bertz CT molecular complexity index is 188. The summed E-state index contributed by atoms with van der Waals surface area (Å²) in [5, 5.41) is 0. The largest absolute Gasteiger partial charge is 0.324 e. The third-order valence-corrected chi connectivity index (χ3v) is 1.74. The maximum Gasteiger partial charge on any atom is 0.0569 e. The van der Waals surface area contributed by atoms with E-state index in [0.717, 1.165) is 19.4 Å². The summed E-state index contributed by atoms with van der Waals surface area (Å²) in [6.07, 6.45) is 9.44. The van der Waals surface area contributed by atoms with Gasteiger partial charge in [0.15, 0.2) is 0 Å². The fraction of sp³-hybridized carbons (Fsp3) is 0.444. The van der Waals surface area contributed by atoms with E-state index in [1.165, 1.54) is 0 Å². The van der Waals surface area contributed by atoms with E-state index in [1.807, 2.05) is 12.2 Å². The molecule has 0 saturated heterocycles. The van der Waals surface area contributed by atoms with Crippen LogP contribution in [-0.4, -0.2) is 18.3 Å². The van der Waals surface area contributed by atoms with E-state index in [2.05, 4.69) is 11.6 Å². The molecule has 0 aromatic heterocycles. The average molecular weight is 150 g/mol. The highest BCUT2D eigenvalue weighted by atomic mass is 14.9. The van der Waals surface area contributed by atoms with Crippen molar-refractivity contribution in [3.8, 4) is 0 Å². The van der Waals surface area contributed by atoms with Crippen LogP contribution in [0.25, 0.3) is 0 Å². The van der Waals surface area contributed by atoms with E-state index in [9.17, 15) is 0 Å². The van der Waals surface area contributed by atoms with Crippen molar-refractivity contribution in [1.82, 2.24) is 0 Å². The van der Waals surface area contributed by atoms with E-state index in [0.29, 0.717) is 0 Å². The molecule has 60 valence electrons. The van der Waals surface area contributed by atoms with Gasteiger partial charge in [0, 0.05) is 11.8 Å². The van der Waals surface area contributed by atoms with Gasteiger partial charge in [0.25, 0.3) is 0 Å². The molecular weight excluding hydrogens is 136 g/mol. The van der Waals surface area contributed by atoms with Gasteiger partial charge in [-0.25, -0.2) is 0 Å². The minimum atomic E-state index is 0.0402. The highest BCUT2D eigenvalue weighted by molar-refractivity contribution is 5.71. The van der Waals surface area contributed by atoms with Crippen LogP contribution in [0.15, 0.2) is 29.8 Å². The summed E-state index contributed by atoms with van der Waals surface area (Å²) in [5.74, 6) is 0. The first-order chi connectivity index (χ1) is 5.27. The van der Waals surface area contributed by atoms with Crippen molar-refractivity contribution >= 4 is 6.21 Å². The number of allylic oxidation sites excluding steroid dienone is 3. The number of hydrogen-bond acceptors (Lipinski definition) is 2. The Labute approximate surface area is 67.5 Å². The molecule has 2 N–H and O–H groups in total. The number of aliphatic imine (C=N–C) groups is 1. The summed E-state index contributed by atoms with van der Waals surface area (Å²) in [5.41, 5.74) is 5.84. The van der Waals surface area contributed by atoms with Gasteiger partial charge in [-0.05, 0) is 18.9 Å². The van der Waals surface area contributed by atoms with Gasteiger partial charge in [-0.15, -0.1) is 0 Å². The molecule has 1 saturated carbocycles. The molecule has 0 radical (unpaired) electrons. The van der Waals surface area contributed by atoms with Gasteiger partial charge in [-0.1, -0.05) is 18.7 Å². The molecule has 2 heteroatoms. The molecule has 0 unspecified atom stereocenters. The fourth-order valence-corrected chi connectivity index (χ4v) is 0.742. The predicted octanol–water partition coefficient (Wildman–Crippen LogP) is 1.29. The van der Waals surface area contributed by atoms with Crippen LogP contribution in [0.4, 0.5) is 0 Å². The van der Waals surface area contributed by atoms with Crippen LogP contribution in [0.2, 0.25) is 0 Å². The van der Waals surface area contributed by atoms with E-state index < -0.39 is 0 Å². The Morgan fingerprint density at radius 1 is 1.45 bits per heavy atom. The van der Waals surface area contributed by atoms with Crippen LogP contribution in [0.1, 0.15) is 12.8 Å². The number of nitrogens with two attached hydrogens (primary N) is 1. The third-order valence-electron chi connectivity index (χ3n) is 1.74. The molecular formula is C9H14N2. The molecule has 0 bridgehead atoms. The molecule has 1 fully saturated rings. The number of nitrogens with zero attached hydrogens (tertiary/aromatic N) is 1. The maximum absolute atomic E-state index is 5.80. The molecule has 1 rings (SSSR count). The van der Waals surface area contributed by atoms with Gasteiger partial charge in [0.2, 0.25) is 0 Å². The summed E-state index contributed by atoms with van der Waals surface area (Å²) in [4.78, 5) is 4.16. The zero-order valence-corrected chi connectivity index (χ0v) is 6.66. The summed E-state index contributed by atoms with van der Waals surface area (Å²) < 4.78 is 0. The molecule has 0 heterocycles. The first-order valence-corrected chi connectivity index (χ1v) is 3.83. The lowest BCUT2D eigenvalue weighted by Crippen LogP contribution is -2.25. The van der Waals surface area contributed by atoms with Crippen LogP contribution in [-0.2, 0) is 0 Å². The predicted molar refractivity (Wildman–Crippen MR) is 48.8 cm³/mol. The number of rotatable bonds is 4. The first-order valence-electron chi connectivity index (χ1n) is 3.83. The molecule has 0 aliphatic heterocycles. The highest BCUT2D eigenvalue weighted by Gasteiger charge is 2.37. The molecule has 0 aromatic rings. The molecule has 0 aromatic carbocycles. The second-order valence-corrected chi connectivity index (χ2v) is 2.97. The quantitative estimate of drug-likeness (QED) is 0.476. The molecule has 0 spiro atoms. The third kappa shape index (κ3) is 3.14. The molecule has 1 aliphatic carbocycles. The highest BCUT2D eigenvalue weighted by Crippen LogP contribution is 2.31. The monoisotopic (exact) mass is 150 g/mol. The smallest absolute Gasteiger partial charge is 0.0569 e. The van der Waals surface area contributed by atoms with Gasteiger partial charge in [-0.2, -0.15) is 0 Å². The lowest BCUT2D eigenvalue weighted by Gasteiger charge is -2.00. The Morgan fingerprint density at radius 2 is 2.18 bits per heavy atom. The van der Waals surface area contributed by atoms with Crippen LogP contribution in [0, 0.1) is 0 Å². The van der Waals surface area contributed by atoms with Crippen molar-refractivity contribution in [1.29, 1.82) is 0 Å². The minimum absolute atomic E-state index is 0.0402. The summed E-state index contributed by atoms with van der Waals surface area (Å²) >= 11 is 0. The molecule has 0 atom stereocenters. The van der Waals surface area contributed by atoms with Crippen molar-refractivity contribution in [2.45, 2.75) is 18.4 Å². The Kier molecular flexibility index (Phi) is 2.60. The van der Waals surface area contributed by atoms with Gasteiger partial charge >= 0.3 is 0 Å². The maximum atomic E-state index is 5.80. The molecule has 11 heavy (non-hydrogen) atoms. The van der Waals surface area contributed by atoms with Crippen LogP contribution < -0.4 is 5.73 Å². The SMILES string of the molecule is C=C/C=C\C=NCC1(N)CC1. The van der Waals surface area contributed by atoms with Crippen LogP contribution >= 0.6 is 0 Å². The Balaban J connectivity index is 2.15. The summed E-state index contributed by atoms with van der Waals surface area (Å²) in [7, 11) is 0. The van der Waals surface area contributed by atoms with E-state index in [-0.39, 0.29) is 5.54 Å². The topological polar surface area (TPSA) is 38.4 Å². The average Bonchev–Trinajstić information content (AvgIpc) is 2.69. The van der Waals surface area contributed by atoms with Crippen molar-refractivity contribution < 1.29 is 0 Å². The van der Waals surface area contributed by atoms with Gasteiger partial charge in [0.1, 0.15) is 0 Å². The van der Waals surface area contributed by atoms with E-state index >= 15 is 0 Å². The van der Waals surface area contributed by atoms with Crippen molar-refractivity contribution in [3.63, 3.8) is 0 Å². The first kappa shape index (κ1) is 8.21. The second kappa shape index (κ2) is 3.49. The minimum Gasteiger partial charge on any atom is -0.324 e. The van der Waals surface area contributed by atoms with Crippen LogP contribution in [0.3, 0.4) is 0 Å². The molecule has 1 aliphatic rings. The zero-order chi connectivity index (χ0) is 8.16. The van der Waals surface area contributed by atoms with Gasteiger partial charge in [0.05, 0.1) is 6.54 Å². The number of hydrogen-bond donors (Lipinski definition) is 1. The lowest BCUT2D eigenvalue weighted by molar-refractivity contribution is 0.691. The normalized spacial score (nSPS) is 21.2. The summed E-state index contributed by atoms with van der Waals surface area (Å²) in [6, 6.07) is 0. The molecule has 2 nitrogen and oxygen atoms in total. The lowest BCUT2D eigenvalue weighted by atomic mass is 10.3. The standard InChI is InChI=1S/C9H14N2/c1-2-3-4-7-11-8-9(10)5-6-9/h2-4,7H,1,5-6,8,10H2/b4-3-,11-7?. The van der Waals surface area contributed by atoms with Crippen LogP contribution in [0.5, 0.6) is 0 Å². The van der Waals surface area contributed by atoms with Crippen molar-refractivity contribution in [2.24, 2.45) is 10.7 Å². The second-order valence-electron chi connectivity index (χ2n) is 2.97. The summed E-state index contributed by atoms with van der Waals surface area (Å²) in [6.45, 7) is 4.30. The Morgan fingerprint density at radius 3 is 2.73 bits per heavy atom. The Hall–Kier alpha value is -0.890. The van der Waals surface area contributed by atoms with Gasteiger partial charge < -0.3 is 5.73 Å². The molecule has 0 amide bonds.